The fourth-order valence-corrected chi connectivity index (χ4v) is 2.29. The number of hydrogen-bond acceptors (Lipinski definition) is 3. The lowest BCUT2D eigenvalue weighted by Gasteiger charge is -2.19. The quantitative estimate of drug-likeness (QED) is 0.821. The molecule has 1 amide bonds. The number of nitrogens with two attached hydrogens (primary N) is 1. The Labute approximate surface area is 132 Å². The normalized spacial score (nSPS) is 12.4. The van der Waals surface area contributed by atoms with Crippen molar-refractivity contribution in [3.05, 3.63) is 29.8 Å². The first kappa shape index (κ1) is 19.3. The summed E-state index contributed by atoms with van der Waals surface area (Å²) >= 11 is 1.55. The molecule has 0 aromatic heterocycles. The second-order valence-electron chi connectivity index (χ2n) is 5.77. The predicted octanol–water partition coefficient (Wildman–Crippen LogP) is 2.96. The zero-order chi connectivity index (χ0) is 14.5. The molecule has 0 spiro atoms. The minimum Gasteiger partial charge on any atom is -0.352 e. The van der Waals surface area contributed by atoms with E-state index in [0.717, 1.165) is 4.90 Å². The van der Waals surface area contributed by atoms with Crippen molar-refractivity contribution in [3.63, 3.8) is 0 Å². The molecule has 0 saturated carbocycles. The first-order chi connectivity index (χ1) is 8.82. The highest BCUT2D eigenvalue weighted by molar-refractivity contribution is 8.00. The fourth-order valence-electron chi connectivity index (χ4n) is 1.58. The van der Waals surface area contributed by atoms with Crippen molar-refractivity contribution in [2.24, 2.45) is 5.73 Å². The largest absolute Gasteiger partial charge is 0.352 e. The lowest BCUT2D eigenvalue weighted by molar-refractivity contribution is -0.119. The van der Waals surface area contributed by atoms with Gasteiger partial charge >= 0.3 is 0 Å². The van der Waals surface area contributed by atoms with E-state index in [1.165, 1.54) is 5.56 Å². The molecule has 1 aromatic carbocycles. The van der Waals surface area contributed by atoms with Crippen molar-refractivity contribution in [2.45, 2.75) is 44.0 Å². The molecule has 3 N–H and O–H groups in total. The molecule has 20 heavy (non-hydrogen) atoms. The van der Waals surface area contributed by atoms with E-state index in [0.29, 0.717) is 12.3 Å². The lowest BCUT2D eigenvalue weighted by atomic mass is 9.87. The number of hydrogen-bond donors (Lipinski definition) is 2. The molecule has 0 heterocycles. The zero-order valence-electron chi connectivity index (χ0n) is 12.6. The minimum absolute atomic E-state index is 0. The van der Waals surface area contributed by atoms with Gasteiger partial charge in [0.05, 0.1) is 5.75 Å². The first-order valence-corrected chi connectivity index (χ1v) is 7.54. The summed E-state index contributed by atoms with van der Waals surface area (Å²) in [7, 11) is 0. The molecule has 0 aliphatic rings. The lowest BCUT2D eigenvalue weighted by Crippen LogP contribution is -2.38. The first-order valence-electron chi connectivity index (χ1n) is 6.55. The highest BCUT2D eigenvalue weighted by Gasteiger charge is 2.13. The molecule has 1 atom stereocenters. The molecule has 1 aromatic rings. The number of nitrogens with one attached hydrogen (secondary N) is 1. The van der Waals surface area contributed by atoms with Gasteiger partial charge in [0.2, 0.25) is 5.91 Å². The summed E-state index contributed by atoms with van der Waals surface area (Å²) in [4.78, 5) is 12.7. The number of carbonyl (C=O) groups is 1. The Morgan fingerprint density at radius 2 is 1.85 bits per heavy atom. The van der Waals surface area contributed by atoms with Crippen LogP contribution in [0.4, 0.5) is 0 Å². The number of rotatable bonds is 5. The summed E-state index contributed by atoms with van der Waals surface area (Å²) in [6.45, 7) is 8.95. The van der Waals surface area contributed by atoms with E-state index in [-0.39, 0.29) is 29.8 Å². The van der Waals surface area contributed by atoms with Crippen molar-refractivity contribution >= 4 is 30.1 Å². The Hall–Kier alpha value is -0.710. The Morgan fingerprint density at radius 3 is 2.30 bits per heavy atom. The topological polar surface area (TPSA) is 55.1 Å². The molecule has 0 saturated heterocycles. The van der Waals surface area contributed by atoms with Crippen molar-refractivity contribution in [3.8, 4) is 0 Å². The second kappa shape index (κ2) is 8.55. The van der Waals surface area contributed by atoms with E-state index in [1.54, 1.807) is 11.8 Å². The Morgan fingerprint density at radius 1 is 1.30 bits per heavy atom. The van der Waals surface area contributed by atoms with Gasteiger partial charge in [-0.2, -0.15) is 0 Å². The van der Waals surface area contributed by atoms with E-state index >= 15 is 0 Å². The number of thioether (sulfide) groups is 1. The van der Waals surface area contributed by atoms with Crippen LogP contribution >= 0.6 is 24.2 Å². The summed E-state index contributed by atoms with van der Waals surface area (Å²) in [6.07, 6.45) is 0. The third-order valence-corrected chi connectivity index (χ3v) is 3.86. The molecule has 3 nitrogen and oxygen atoms in total. The van der Waals surface area contributed by atoms with Crippen LogP contribution < -0.4 is 11.1 Å². The van der Waals surface area contributed by atoms with Crippen LogP contribution in [0.2, 0.25) is 0 Å². The SMILES string of the molecule is C[C@@H](CN)NC(=O)CSc1ccc(C(C)(C)C)cc1.Cl. The van der Waals surface area contributed by atoms with Crippen LogP contribution in [0.3, 0.4) is 0 Å². The summed E-state index contributed by atoms with van der Waals surface area (Å²) in [5.74, 6) is 0.460. The van der Waals surface area contributed by atoms with Gasteiger partial charge in [0, 0.05) is 17.5 Å². The van der Waals surface area contributed by atoms with Crippen LogP contribution in [0.25, 0.3) is 0 Å². The predicted molar refractivity (Wildman–Crippen MR) is 89.8 cm³/mol. The summed E-state index contributed by atoms with van der Waals surface area (Å²) in [5.41, 5.74) is 6.93. The molecule has 5 heteroatoms. The van der Waals surface area contributed by atoms with Crippen LogP contribution in [0.5, 0.6) is 0 Å². The molecule has 114 valence electrons. The van der Waals surface area contributed by atoms with Crippen molar-refractivity contribution in [2.75, 3.05) is 12.3 Å². The van der Waals surface area contributed by atoms with Crippen LogP contribution in [0, 0.1) is 0 Å². The van der Waals surface area contributed by atoms with E-state index in [9.17, 15) is 4.79 Å². The smallest absolute Gasteiger partial charge is 0.230 e. The Balaban J connectivity index is 0.00000361. The molecular formula is C15H25ClN2OS. The van der Waals surface area contributed by atoms with Gasteiger partial charge in [0.15, 0.2) is 0 Å². The zero-order valence-corrected chi connectivity index (χ0v) is 14.2. The van der Waals surface area contributed by atoms with Gasteiger partial charge in [-0.15, -0.1) is 24.2 Å². The molecule has 0 unspecified atom stereocenters. The average molecular weight is 317 g/mol. The molecule has 0 bridgehead atoms. The van der Waals surface area contributed by atoms with E-state index in [2.05, 4.69) is 50.4 Å². The number of carbonyl (C=O) groups excluding carboxylic acids is 1. The molecule has 0 aliphatic heterocycles. The average Bonchev–Trinajstić information content (AvgIpc) is 2.35. The standard InChI is InChI=1S/C15H24N2OS.ClH/c1-11(9-16)17-14(18)10-19-13-7-5-12(6-8-13)15(2,3)4;/h5-8,11H,9-10,16H2,1-4H3,(H,17,18);1H/t11-;/m0./s1. The highest BCUT2D eigenvalue weighted by Crippen LogP contribution is 2.25. The number of benzene rings is 1. The van der Waals surface area contributed by atoms with Gasteiger partial charge in [-0.25, -0.2) is 0 Å². The van der Waals surface area contributed by atoms with Gasteiger partial charge in [-0.05, 0) is 30.0 Å². The maximum atomic E-state index is 11.6. The van der Waals surface area contributed by atoms with Crippen LogP contribution in [-0.2, 0) is 10.2 Å². The molecular weight excluding hydrogens is 292 g/mol. The van der Waals surface area contributed by atoms with Gasteiger partial charge in [0.1, 0.15) is 0 Å². The summed E-state index contributed by atoms with van der Waals surface area (Å²) < 4.78 is 0. The molecule has 1 rings (SSSR count). The van der Waals surface area contributed by atoms with Crippen molar-refractivity contribution in [1.29, 1.82) is 0 Å². The maximum Gasteiger partial charge on any atom is 0.230 e. The van der Waals surface area contributed by atoms with Gasteiger partial charge in [-0.3, -0.25) is 4.79 Å². The Kier molecular flexibility index (Phi) is 8.25. The van der Waals surface area contributed by atoms with E-state index < -0.39 is 0 Å². The summed E-state index contributed by atoms with van der Waals surface area (Å²) in [6, 6.07) is 8.44. The van der Waals surface area contributed by atoms with E-state index in [1.807, 2.05) is 6.92 Å². The Bertz CT molecular complexity index is 415. The van der Waals surface area contributed by atoms with Crippen LogP contribution in [0.1, 0.15) is 33.3 Å². The summed E-state index contributed by atoms with van der Waals surface area (Å²) in [5, 5.41) is 2.85. The van der Waals surface area contributed by atoms with Crippen LogP contribution in [0.15, 0.2) is 29.2 Å². The molecule has 0 radical (unpaired) electrons. The third-order valence-electron chi connectivity index (χ3n) is 2.85. The van der Waals surface area contributed by atoms with E-state index in [4.69, 9.17) is 5.73 Å². The monoisotopic (exact) mass is 316 g/mol. The highest BCUT2D eigenvalue weighted by atomic mass is 35.5. The fraction of sp³-hybridized carbons (Fsp3) is 0.533. The number of halogens is 1. The molecule has 0 fully saturated rings. The third kappa shape index (κ3) is 6.64. The van der Waals surface area contributed by atoms with Crippen molar-refractivity contribution < 1.29 is 4.79 Å². The van der Waals surface area contributed by atoms with Gasteiger partial charge < -0.3 is 11.1 Å². The molecule has 0 aliphatic carbocycles. The van der Waals surface area contributed by atoms with Gasteiger partial charge in [0.25, 0.3) is 0 Å². The van der Waals surface area contributed by atoms with Crippen LogP contribution in [-0.4, -0.2) is 24.2 Å². The minimum atomic E-state index is 0. The maximum absolute atomic E-state index is 11.6. The number of amides is 1. The second-order valence-corrected chi connectivity index (χ2v) is 6.82. The van der Waals surface area contributed by atoms with Gasteiger partial charge in [-0.1, -0.05) is 32.9 Å². The van der Waals surface area contributed by atoms with Crippen molar-refractivity contribution in [1.82, 2.24) is 5.32 Å².